The van der Waals surface area contributed by atoms with Crippen molar-refractivity contribution in [3.63, 3.8) is 0 Å². The summed E-state index contributed by atoms with van der Waals surface area (Å²) in [5.74, 6) is 0.686. The lowest BCUT2D eigenvalue weighted by Gasteiger charge is -2.06. The van der Waals surface area contributed by atoms with Gasteiger partial charge < -0.3 is 9.73 Å². The molecule has 0 radical (unpaired) electrons. The van der Waals surface area contributed by atoms with Gasteiger partial charge in [-0.3, -0.25) is 0 Å². The van der Waals surface area contributed by atoms with Crippen LogP contribution >= 0.6 is 0 Å². The molecule has 2 aromatic rings. The van der Waals surface area contributed by atoms with Crippen LogP contribution in [0.5, 0.6) is 0 Å². The highest BCUT2D eigenvalue weighted by atomic mass is 19.4. The minimum absolute atomic E-state index is 0.215. The van der Waals surface area contributed by atoms with E-state index in [0.29, 0.717) is 17.6 Å². The fourth-order valence-corrected chi connectivity index (χ4v) is 1.77. The third-order valence-electron chi connectivity index (χ3n) is 2.90. The standard InChI is InChI=1S/C13H14F3NO/c1-8(17-2)5-11-6-9-3-4-10(13(14,15)16)7-12(9)18-11/h3-4,6-8,17H,5H2,1-2H3. The van der Waals surface area contributed by atoms with Crippen molar-refractivity contribution in [1.82, 2.24) is 5.32 Å². The number of furan rings is 1. The van der Waals surface area contributed by atoms with Crippen LogP contribution in [0.4, 0.5) is 13.2 Å². The Labute approximate surface area is 103 Å². The van der Waals surface area contributed by atoms with Gasteiger partial charge in [-0.15, -0.1) is 0 Å². The molecular formula is C13H14F3NO. The van der Waals surface area contributed by atoms with E-state index < -0.39 is 11.7 Å². The van der Waals surface area contributed by atoms with Crippen LogP contribution in [0.15, 0.2) is 28.7 Å². The molecule has 0 aliphatic carbocycles. The smallest absolute Gasteiger partial charge is 0.416 e. The van der Waals surface area contributed by atoms with Gasteiger partial charge in [0.15, 0.2) is 0 Å². The van der Waals surface area contributed by atoms with Gasteiger partial charge >= 0.3 is 6.18 Å². The van der Waals surface area contributed by atoms with E-state index in [4.69, 9.17) is 4.42 Å². The second-order valence-corrected chi connectivity index (χ2v) is 4.36. The summed E-state index contributed by atoms with van der Waals surface area (Å²) in [4.78, 5) is 0. The Morgan fingerprint density at radius 1 is 1.28 bits per heavy atom. The minimum atomic E-state index is -4.33. The number of halogens is 3. The van der Waals surface area contributed by atoms with Gasteiger partial charge in [0, 0.05) is 17.8 Å². The van der Waals surface area contributed by atoms with Crippen LogP contribution in [0.2, 0.25) is 0 Å². The van der Waals surface area contributed by atoms with E-state index in [9.17, 15) is 13.2 Å². The molecule has 1 atom stereocenters. The molecule has 0 saturated carbocycles. The lowest BCUT2D eigenvalue weighted by atomic mass is 10.1. The third-order valence-corrected chi connectivity index (χ3v) is 2.90. The molecule has 0 spiro atoms. The predicted octanol–water partition coefficient (Wildman–Crippen LogP) is 3.60. The Kier molecular flexibility index (Phi) is 3.34. The van der Waals surface area contributed by atoms with E-state index >= 15 is 0 Å². The van der Waals surface area contributed by atoms with Crippen molar-refractivity contribution in [3.8, 4) is 0 Å². The van der Waals surface area contributed by atoms with Crippen LogP contribution in [0.25, 0.3) is 11.0 Å². The summed E-state index contributed by atoms with van der Waals surface area (Å²) in [6, 6.07) is 5.55. The molecule has 1 unspecified atom stereocenters. The number of nitrogens with one attached hydrogen (secondary N) is 1. The van der Waals surface area contributed by atoms with Gasteiger partial charge in [-0.05, 0) is 32.2 Å². The Bertz CT molecular complexity index is 545. The molecule has 0 bridgehead atoms. The molecular weight excluding hydrogens is 243 g/mol. The highest BCUT2D eigenvalue weighted by Crippen LogP contribution is 2.32. The number of hydrogen-bond donors (Lipinski definition) is 1. The van der Waals surface area contributed by atoms with Crippen LogP contribution in [0.1, 0.15) is 18.2 Å². The van der Waals surface area contributed by atoms with Gasteiger partial charge in [0.1, 0.15) is 11.3 Å². The zero-order chi connectivity index (χ0) is 13.3. The summed E-state index contributed by atoms with van der Waals surface area (Å²) in [6.07, 6.45) is -3.69. The van der Waals surface area contributed by atoms with E-state index in [1.807, 2.05) is 14.0 Å². The van der Waals surface area contributed by atoms with Gasteiger partial charge in [-0.2, -0.15) is 13.2 Å². The molecule has 1 aromatic heterocycles. The average molecular weight is 257 g/mol. The lowest BCUT2D eigenvalue weighted by molar-refractivity contribution is -0.137. The van der Waals surface area contributed by atoms with Crippen LogP contribution in [-0.4, -0.2) is 13.1 Å². The van der Waals surface area contributed by atoms with E-state index in [2.05, 4.69) is 5.32 Å². The number of benzene rings is 1. The van der Waals surface area contributed by atoms with Crippen molar-refractivity contribution in [3.05, 3.63) is 35.6 Å². The van der Waals surface area contributed by atoms with Gasteiger partial charge in [0.25, 0.3) is 0 Å². The lowest BCUT2D eigenvalue weighted by Crippen LogP contribution is -2.23. The largest absolute Gasteiger partial charge is 0.461 e. The molecule has 98 valence electrons. The monoisotopic (exact) mass is 257 g/mol. The molecule has 1 N–H and O–H groups in total. The first kappa shape index (κ1) is 13.0. The molecule has 0 aliphatic rings. The summed E-state index contributed by atoms with van der Waals surface area (Å²) >= 11 is 0. The number of hydrogen-bond acceptors (Lipinski definition) is 2. The fourth-order valence-electron chi connectivity index (χ4n) is 1.77. The van der Waals surface area contributed by atoms with Gasteiger partial charge in [-0.25, -0.2) is 0 Å². The van der Waals surface area contributed by atoms with Crippen LogP contribution in [0, 0.1) is 0 Å². The highest BCUT2D eigenvalue weighted by molar-refractivity contribution is 5.78. The van der Waals surface area contributed by atoms with E-state index in [0.717, 1.165) is 12.1 Å². The van der Waals surface area contributed by atoms with Crippen molar-refractivity contribution in [2.75, 3.05) is 7.05 Å². The van der Waals surface area contributed by atoms with Crippen LogP contribution in [-0.2, 0) is 12.6 Å². The molecule has 0 aliphatic heterocycles. The van der Waals surface area contributed by atoms with E-state index in [-0.39, 0.29) is 11.6 Å². The van der Waals surface area contributed by atoms with E-state index in [1.165, 1.54) is 6.07 Å². The zero-order valence-corrected chi connectivity index (χ0v) is 10.1. The van der Waals surface area contributed by atoms with Gasteiger partial charge in [0.05, 0.1) is 5.56 Å². The second-order valence-electron chi connectivity index (χ2n) is 4.36. The molecule has 2 nitrogen and oxygen atoms in total. The molecule has 5 heteroatoms. The zero-order valence-electron chi connectivity index (χ0n) is 10.1. The Hall–Kier alpha value is -1.49. The molecule has 1 heterocycles. The van der Waals surface area contributed by atoms with Crippen LogP contribution < -0.4 is 5.32 Å². The van der Waals surface area contributed by atoms with Gasteiger partial charge in [0.2, 0.25) is 0 Å². The summed E-state index contributed by atoms with van der Waals surface area (Å²) in [6.45, 7) is 1.98. The third kappa shape index (κ3) is 2.67. The maximum atomic E-state index is 12.5. The molecule has 0 saturated heterocycles. The summed E-state index contributed by atoms with van der Waals surface area (Å²) < 4.78 is 43.0. The molecule has 2 rings (SSSR count). The average Bonchev–Trinajstić information content (AvgIpc) is 2.68. The number of likely N-dealkylation sites (N-methyl/N-ethyl adjacent to an activating group) is 1. The van der Waals surface area contributed by atoms with E-state index in [1.54, 1.807) is 6.07 Å². The first-order valence-electron chi connectivity index (χ1n) is 5.67. The highest BCUT2D eigenvalue weighted by Gasteiger charge is 2.30. The van der Waals surface area contributed by atoms with Crippen molar-refractivity contribution in [2.24, 2.45) is 0 Å². The minimum Gasteiger partial charge on any atom is -0.461 e. The van der Waals surface area contributed by atoms with Gasteiger partial charge in [-0.1, -0.05) is 6.07 Å². The van der Waals surface area contributed by atoms with Crippen LogP contribution in [0.3, 0.4) is 0 Å². The SMILES string of the molecule is CNC(C)Cc1cc2ccc(C(F)(F)F)cc2o1. The Morgan fingerprint density at radius 3 is 2.61 bits per heavy atom. The Morgan fingerprint density at radius 2 is 2.00 bits per heavy atom. The summed E-state index contributed by atoms with van der Waals surface area (Å²) in [5, 5.41) is 3.75. The molecule has 0 amide bonds. The molecule has 1 aromatic carbocycles. The Balaban J connectivity index is 2.34. The van der Waals surface area contributed by atoms with Crippen molar-refractivity contribution >= 4 is 11.0 Å². The maximum Gasteiger partial charge on any atom is 0.416 e. The normalized spacial score (nSPS) is 14.1. The maximum absolute atomic E-state index is 12.5. The summed E-state index contributed by atoms with van der Waals surface area (Å²) in [5.41, 5.74) is -0.402. The quantitative estimate of drug-likeness (QED) is 0.908. The first-order valence-corrected chi connectivity index (χ1v) is 5.67. The fraction of sp³-hybridized carbons (Fsp3) is 0.385. The number of fused-ring (bicyclic) bond motifs is 1. The van der Waals surface area contributed by atoms with Crippen molar-refractivity contribution in [2.45, 2.75) is 25.6 Å². The number of alkyl halides is 3. The first-order chi connectivity index (χ1) is 8.40. The summed E-state index contributed by atoms with van der Waals surface area (Å²) in [7, 11) is 1.83. The molecule has 18 heavy (non-hydrogen) atoms. The van der Waals surface area contributed by atoms with Crippen molar-refractivity contribution < 1.29 is 17.6 Å². The number of rotatable bonds is 3. The van der Waals surface area contributed by atoms with Crippen molar-refractivity contribution in [1.29, 1.82) is 0 Å². The molecule has 0 fully saturated rings. The predicted molar refractivity (Wildman–Crippen MR) is 63.4 cm³/mol. The topological polar surface area (TPSA) is 25.2 Å². The second kappa shape index (κ2) is 4.65.